The van der Waals surface area contributed by atoms with Gasteiger partial charge in [-0.1, -0.05) is 41.9 Å². The standard InChI is InChI=1S/C17H14ClN3O2/c18-14-10-16-13(9-12(14)11-5-2-1-3-6-11)15(20-21-16)7-4-8-23-17(19)22/h1-7,9-10H,8H2,(H2,19,22)(H,20,21). The van der Waals surface area contributed by atoms with E-state index in [1.165, 1.54) is 0 Å². The summed E-state index contributed by atoms with van der Waals surface area (Å²) in [4.78, 5) is 10.5. The highest BCUT2D eigenvalue weighted by molar-refractivity contribution is 6.34. The quantitative estimate of drug-likeness (QED) is 0.760. The van der Waals surface area contributed by atoms with E-state index in [1.807, 2.05) is 42.5 Å². The van der Waals surface area contributed by atoms with E-state index in [2.05, 4.69) is 14.9 Å². The Bertz CT molecular complexity index is 872. The zero-order valence-electron chi connectivity index (χ0n) is 12.1. The van der Waals surface area contributed by atoms with Crippen LogP contribution in [0.1, 0.15) is 5.69 Å². The summed E-state index contributed by atoms with van der Waals surface area (Å²) in [5.41, 5.74) is 8.46. The molecule has 5 nitrogen and oxygen atoms in total. The topological polar surface area (TPSA) is 81.0 Å². The van der Waals surface area contributed by atoms with E-state index in [9.17, 15) is 4.79 Å². The maximum Gasteiger partial charge on any atom is 0.404 e. The van der Waals surface area contributed by atoms with Crippen LogP contribution in [-0.2, 0) is 4.74 Å². The third kappa shape index (κ3) is 3.35. The van der Waals surface area contributed by atoms with E-state index in [0.717, 1.165) is 27.7 Å². The minimum Gasteiger partial charge on any atom is -0.445 e. The summed E-state index contributed by atoms with van der Waals surface area (Å²) in [5.74, 6) is 0. The van der Waals surface area contributed by atoms with Crippen molar-refractivity contribution in [2.75, 3.05) is 6.61 Å². The SMILES string of the molecule is NC(=O)OCC=Cc1n[nH]c2cc(Cl)c(-c3ccccc3)cc12. The number of halogens is 1. The molecular formula is C17H14ClN3O2. The summed E-state index contributed by atoms with van der Waals surface area (Å²) >= 11 is 6.37. The smallest absolute Gasteiger partial charge is 0.404 e. The molecule has 0 saturated heterocycles. The Balaban J connectivity index is 1.97. The van der Waals surface area contributed by atoms with Crippen molar-refractivity contribution in [2.24, 2.45) is 5.73 Å². The number of amides is 1. The molecule has 0 aliphatic rings. The van der Waals surface area contributed by atoms with Crippen LogP contribution in [0.3, 0.4) is 0 Å². The molecular weight excluding hydrogens is 314 g/mol. The van der Waals surface area contributed by atoms with Crippen LogP contribution in [0.4, 0.5) is 4.79 Å². The minimum absolute atomic E-state index is 0.100. The zero-order chi connectivity index (χ0) is 16.2. The summed E-state index contributed by atoms with van der Waals surface area (Å²) in [6.45, 7) is 0.100. The first-order chi connectivity index (χ1) is 11.1. The number of aromatic nitrogens is 2. The van der Waals surface area contributed by atoms with Crippen molar-refractivity contribution in [3.05, 3.63) is 59.3 Å². The Hall–Kier alpha value is -2.79. The molecule has 3 rings (SSSR count). The highest BCUT2D eigenvalue weighted by atomic mass is 35.5. The average Bonchev–Trinajstić information content (AvgIpc) is 2.93. The van der Waals surface area contributed by atoms with Gasteiger partial charge in [0.25, 0.3) is 0 Å². The van der Waals surface area contributed by atoms with Gasteiger partial charge >= 0.3 is 6.09 Å². The summed E-state index contributed by atoms with van der Waals surface area (Å²) in [6.07, 6.45) is 2.64. The van der Waals surface area contributed by atoms with E-state index >= 15 is 0 Å². The average molecular weight is 328 g/mol. The number of nitrogens with two attached hydrogens (primary N) is 1. The Morgan fingerprint density at radius 1 is 1.30 bits per heavy atom. The number of nitrogens with one attached hydrogen (secondary N) is 1. The number of nitrogens with zero attached hydrogens (tertiary/aromatic N) is 1. The molecule has 2 aromatic carbocycles. The number of carbonyl (C=O) groups is 1. The predicted molar refractivity (Wildman–Crippen MR) is 91.1 cm³/mol. The number of benzene rings is 2. The van der Waals surface area contributed by atoms with Crippen LogP contribution < -0.4 is 5.73 Å². The van der Waals surface area contributed by atoms with Crippen LogP contribution >= 0.6 is 11.6 Å². The second kappa shape index (κ2) is 6.54. The van der Waals surface area contributed by atoms with Crippen LogP contribution in [-0.4, -0.2) is 22.9 Å². The molecule has 0 bridgehead atoms. The molecule has 3 N–H and O–H groups in total. The maximum absolute atomic E-state index is 10.5. The first-order valence-electron chi connectivity index (χ1n) is 6.97. The molecule has 116 valence electrons. The molecule has 0 aliphatic carbocycles. The molecule has 1 aromatic heterocycles. The lowest BCUT2D eigenvalue weighted by molar-refractivity contribution is 0.169. The Morgan fingerprint density at radius 2 is 2.09 bits per heavy atom. The van der Waals surface area contributed by atoms with Crippen molar-refractivity contribution in [1.82, 2.24) is 10.2 Å². The monoisotopic (exact) mass is 327 g/mol. The lowest BCUT2D eigenvalue weighted by Gasteiger charge is -2.05. The highest BCUT2D eigenvalue weighted by Gasteiger charge is 2.09. The van der Waals surface area contributed by atoms with Crippen LogP contribution in [0.15, 0.2) is 48.5 Å². The predicted octanol–water partition coefficient (Wildman–Crippen LogP) is 3.99. The van der Waals surface area contributed by atoms with Crippen molar-refractivity contribution in [3.8, 4) is 11.1 Å². The van der Waals surface area contributed by atoms with Gasteiger partial charge in [-0.3, -0.25) is 5.10 Å². The molecule has 0 saturated carbocycles. The largest absolute Gasteiger partial charge is 0.445 e. The third-order valence-electron chi connectivity index (χ3n) is 3.36. The number of H-pyrrole nitrogens is 1. The van der Waals surface area contributed by atoms with E-state index < -0.39 is 6.09 Å². The van der Waals surface area contributed by atoms with Crippen molar-refractivity contribution in [2.45, 2.75) is 0 Å². The van der Waals surface area contributed by atoms with Crippen molar-refractivity contribution in [3.63, 3.8) is 0 Å². The van der Waals surface area contributed by atoms with E-state index in [1.54, 1.807) is 12.2 Å². The van der Waals surface area contributed by atoms with Crippen LogP contribution in [0.25, 0.3) is 28.1 Å². The molecule has 0 fully saturated rings. The van der Waals surface area contributed by atoms with Gasteiger partial charge in [-0.05, 0) is 29.8 Å². The molecule has 0 unspecified atom stereocenters. The van der Waals surface area contributed by atoms with Gasteiger partial charge in [0.2, 0.25) is 0 Å². The fraction of sp³-hybridized carbons (Fsp3) is 0.0588. The number of primary amides is 1. The number of hydrogen-bond acceptors (Lipinski definition) is 3. The fourth-order valence-corrected chi connectivity index (χ4v) is 2.59. The zero-order valence-corrected chi connectivity index (χ0v) is 12.9. The van der Waals surface area contributed by atoms with Gasteiger partial charge < -0.3 is 10.5 Å². The highest BCUT2D eigenvalue weighted by Crippen LogP contribution is 2.32. The number of carbonyl (C=O) groups excluding carboxylic acids is 1. The molecule has 3 aromatic rings. The van der Waals surface area contributed by atoms with Crippen molar-refractivity contribution >= 4 is 34.7 Å². The Kier molecular flexibility index (Phi) is 4.30. The molecule has 0 radical (unpaired) electrons. The van der Waals surface area contributed by atoms with Gasteiger partial charge in [0, 0.05) is 10.9 Å². The summed E-state index contributed by atoms with van der Waals surface area (Å²) in [6, 6.07) is 13.7. The molecule has 0 aliphatic heterocycles. The van der Waals surface area contributed by atoms with Gasteiger partial charge in [0.1, 0.15) is 6.61 Å². The number of aromatic amines is 1. The summed E-state index contributed by atoms with van der Waals surface area (Å²) < 4.78 is 4.66. The molecule has 23 heavy (non-hydrogen) atoms. The second-order valence-electron chi connectivity index (χ2n) is 4.88. The molecule has 0 spiro atoms. The lowest BCUT2D eigenvalue weighted by atomic mass is 10.0. The van der Waals surface area contributed by atoms with Crippen LogP contribution in [0.5, 0.6) is 0 Å². The van der Waals surface area contributed by atoms with Crippen LogP contribution in [0, 0.1) is 0 Å². The molecule has 0 atom stereocenters. The van der Waals surface area contributed by atoms with Gasteiger partial charge in [-0.15, -0.1) is 0 Å². The molecule has 1 heterocycles. The number of rotatable bonds is 4. The normalized spacial score (nSPS) is 11.2. The van der Waals surface area contributed by atoms with E-state index in [4.69, 9.17) is 17.3 Å². The summed E-state index contributed by atoms with van der Waals surface area (Å²) in [7, 11) is 0. The third-order valence-corrected chi connectivity index (χ3v) is 3.68. The lowest BCUT2D eigenvalue weighted by Crippen LogP contribution is -2.12. The van der Waals surface area contributed by atoms with Gasteiger partial charge in [-0.2, -0.15) is 5.10 Å². The first kappa shape index (κ1) is 15.1. The van der Waals surface area contributed by atoms with Gasteiger partial charge in [0.15, 0.2) is 0 Å². The Morgan fingerprint density at radius 3 is 2.83 bits per heavy atom. The number of fused-ring (bicyclic) bond motifs is 1. The van der Waals surface area contributed by atoms with E-state index in [-0.39, 0.29) is 6.61 Å². The van der Waals surface area contributed by atoms with E-state index in [0.29, 0.717) is 5.02 Å². The van der Waals surface area contributed by atoms with Crippen LogP contribution in [0.2, 0.25) is 5.02 Å². The minimum atomic E-state index is -0.806. The Labute approximate surface area is 137 Å². The molecule has 1 amide bonds. The number of hydrogen-bond donors (Lipinski definition) is 2. The molecule has 6 heteroatoms. The van der Waals surface area contributed by atoms with Crippen molar-refractivity contribution in [1.29, 1.82) is 0 Å². The summed E-state index contributed by atoms with van der Waals surface area (Å²) in [5, 5.41) is 8.77. The first-order valence-corrected chi connectivity index (χ1v) is 7.35. The van der Waals surface area contributed by atoms with Gasteiger partial charge in [0.05, 0.1) is 16.2 Å². The maximum atomic E-state index is 10.5. The van der Waals surface area contributed by atoms with Crippen molar-refractivity contribution < 1.29 is 9.53 Å². The fourth-order valence-electron chi connectivity index (χ4n) is 2.31. The second-order valence-corrected chi connectivity index (χ2v) is 5.29. The van der Waals surface area contributed by atoms with Gasteiger partial charge in [-0.25, -0.2) is 4.79 Å². The number of ether oxygens (including phenoxy) is 1.